The lowest BCUT2D eigenvalue weighted by molar-refractivity contribution is -0.140. The van der Waals surface area contributed by atoms with E-state index in [2.05, 4.69) is 0 Å². The molecule has 0 bridgehead atoms. The Morgan fingerprint density at radius 2 is 1.74 bits per heavy atom. The maximum Gasteiger partial charge on any atom is 0.295 e. The van der Waals surface area contributed by atoms with E-state index in [1.54, 1.807) is 24.3 Å². The van der Waals surface area contributed by atoms with E-state index in [-0.39, 0.29) is 16.9 Å². The van der Waals surface area contributed by atoms with Crippen LogP contribution >= 0.6 is 0 Å². The molecule has 3 rings (SSSR count). The van der Waals surface area contributed by atoms with Crippen LogP contribution in [0.15, 0.2) is 54.1 Å². The lowest BCUT2D eigenvalue weighted by Gasteiger charge is -2.26. The van der Waals surface area contributed by atoms with E-state index in [4.69, 9.17) is 4.74 Å². The van der Waals surface area contributed by atoms with Crippen LogP contribution in [-0.4, -0.2) is 60.4 Å². The van der Waals surface area contributed by atoms with Crippen LogP contribution in [0.5, 0.6) is 5.75 Å². The highest BCUT2D eigenvalue weighted by Crippen LogP contribution is 2.39. The zero-order valence-electron chi connectivity index (χ0n) is 18.0. The van der Waals surface area contributed by atoms with Crippen LogP contribution in [0, 0.1) is 5.82 Å². The third kappa shape index (κ3) is 4.94. The zero-order valence-corrected chi connectivity index (χ0v) is 18.0. The summed E-state index contributed by atoms with van der Waals surface area (Å²) >= 11 is 0. The first-order valence-corrected chi connectivity index (χ1v) is 10.2. The molecule has 7 heteroatoms. The lowest BCUT2D eigenvalue weighted by Crippen LogP contribution is -2.35. The number of aliphatic hydroxyl groups is 1. The highest BCUT2D eigenvalue weighted by molar-refractivity contribution is 6.46. The fourth-order valence-electron chi connectivity index (χ4n) is 3.49. The molecule has 0 radical (unpaired) electrons. The number of halogens is 1. The minimum absolute atomic E-state index is 0.00223. The van der Waals surface area contributed by atoms with Crippen LogP contribution in [0.2, 0.25) is 0 Å². The Morgan fingerprint density at radius 1 is 1.10 bits per heavy atom. The number of nitrogens with zero attached hydrogens (tertiary/aromatic N) is 2. The molecule has 1 amide bonds. The number of likely N-dealkylation sites (tertiary alicyclic amines) is 1. The minimum Gasteiger partial charge on any atom is -0.507 e. The number of likely N-dealkylation sites (N-methyl/N-ethyl adjacent to an activating group) is 1. The Balaban J connectivity index is 2.06. The van der Waals surface area contributed by atoms with E-state index >= 15 is 0 Å². The summed E-state index contributed by atoms with van der Waals surface area (Å²) in [6, 6.07) is 11.6. The number of hydrogen-bond acceptors (Lipinski definition) is 5. The van der Waals surface area contributed by atoms with Crippen LogP contribution < -0.4 is 4.74 Å². The van der Waals surface area contributed by atoms with E-state index in [9.17, 15) is 19.1 Å². The standard InChI is InChI=1S/C24H27FN2O4/c1-4-15-31-19-11-7-16(8-12-19)21-20(22(28)17-5-9-18(25)10-6-17)23(29)24(30)27(21)14-13-26(2)3/h5-12,21,28H,4,13-15H2,1-3H3/b22-20+. The van der Waals surface area contributed by atoms with Gasteiger partial charge >= 0.3 is 0 Å². The van der Waals surface area contributed by atoms with Crippen molar-refractivity contribution in [2.45, 2.75) is 19.4 Å². The van der Waals surface area contributed by atoms with E-state index in [1.807, 2.05) is 25.9 Å². The molecule has 0 aromatic heterocycles. The molecule has 6 nitrogen and oxygen atoms in total. The maximum atomic E-state index is 13.3. The summed E-state index contributed by atoms with van der Waals surface area (Å²) < 4.78 is 19.0. The number of carbonyl (C=O) groups is 2. The maximum absolute atomic E-state index is 13.3. The molecule has 1 aliphatic rings. The van der Waals surface area contributed by atoms with E-state index in [0.29, 0.717) is 31.0 Å². The van der Waals surface area contributed by atoms with Crippen molar-refractivity contribution < 1.29 is 23.8 Å². The molecular formula is C24H27FN2O4. The molecule has 1 unspecified atom stereocenters. The van der Waals surface area contributed by atoms with Gasteiger partial charge in [0.15, 0.2) is 0 Å². The number of rotatable bonds is 8. The van der Waals surface area contributed by atoms with E-state index in [0.717, 1.165) is 6.42 Å². The first-order chi connectivity index (χ1) is 14.8. The molecule has 1 aliphatic heterocycles. The van der Waals surface area contributed by atoms with Crippen LogP contribution in [0.3, 0.4) is 0 Å². The third-order valence-corrected chi connectivity index (χ3v) is 5.11. The number of hydrogen-bond donors (Lipinski definition) is 1. The molecule has 1 N–H and O–H groups in total. The molecule has 31 heavy (non-hydrogen) atoms. The number of amides is 1. The summed E-state index contributed by atoms with van der Waals surface area (Å²) in [5.74, 6) is -1.50. The predicted molar refractivity (Wildman–Crippen MR) is 116 cm³/mol. The second-order valence-corrected chi connectivity index (χ2v) is 7.72. The van der Waals surface area contributed by atoms with Crippen molar-refractivity contribution >= 4 is 17.4 Å². The summed E-state index contributed by atoms with van der Waals surface area (Å²) in [6.07, 6.45) is 0.879. The largest absolute Gasteiger partial charge is 0.507 e. The zero-order chi connectivity index (χ0) is 22.5. The third-order valence-electron chi connectivity index (χ3n) is 5.11. The Bertz CT molecular complexity index is 968. The van der Waals surface area contributed by atoms with Gasteiger partial charge in [0.25, 0.3) is 11.7 Å². The van der Waals surface area contributed by atoms with Crippen molar-refractivity contribution in [3.8, 4) is 5.75 Å². The van der Waals surface area contributed by atoms with Gasteiger partial charge in [-0.2, -0.15) is 0 Å². The lowest BCUT2D eigenvalue weighted by atomic mass is 9.95. The summed E-state index contributed by atoms with van der Waals surface area (Å²) in [6.45, 7) is 3.47. The number of ether oxygens (including phenoxy) is 1. The molecule has 1 heterocycles. The van der Waals surface area contributed by atoms with E-state index in [1.165, 1.54) is 29.2 Å². The second-order valence-electron chi connectivity index (χ2n) is 7.72. The number of benzene rings is 2. The average molecular weight is 426 g/mol. The molecule has 2 aromatic rings. The molecular weight excluding hydrogens is 399 g/mol. The van der Waals surface area contributed by atoms with Crippen molar-refractivity contribution in [3.05, 3.63) is 71.0 Å². The number of carbonyl (C=O) groups excluding carboxylic acids is 2. The van der Waals surface area contributed by atoms with Crippen LogP contribution in [0.1, 0.15) is 30.5 Å². The Hall–Kier alpha value is -3.19. The van der Waals surface area contributed by atoms with Gasteiger partial charge < -0.3 is 19.6 Å². The average Bonchev–Trinajstić information content (AvgIpc) is 3.01. The molecule has 0 saturated carbocycles. The highest BCUT2D eigenvalue weighted by Gasteiger charge is 2.45. The van der Waals surface area contributed by atoms with Gasteiger partial charge in [-0.1, -0.05) is 19.1 Å². The molecule has 1 saturated heterocycles. The van der Waals surface area contributed by atoms with Crippen molar-refractivity contribution in [2.24, 2.45) is 0 Å². The predicted octanol–water partition coefficient (Wildman–Crippen LogP) is 3.60. The summed E-state index contributed by atoms with van der Waals surface area (Å²) in [5.41, 5.74) is 0.961. The van der Waals surface area contributed by atoms with Crippen LogP contribution in [0.25, 0.3) is 5.76 Å². The quantitative estimate of drug-likeness (QED) is 0.397. The van der Waals surface area contributed by atoms with Crippen LogP contribution in [0.4, 0.5) is 4.39 Å². The van der Waals surface area contributed by atoms with Crippen molar-refractivity contribution in [2.75, 3.05) is 33.8 Å². The molecule has 1 atom stereocenters. The minimum atomic E-state index is -0.753. The number of ketones is 1. The van der Waals surface area contributed by atoms with Gasteiger partial charge in [-0.25, -0.2) is 4.39 Å². The second kappa shape index (κ2) is 9.75. The molecule has 0 aliphatic carbocycles. The number of aliphatic hydroxyl groups excluding tert-OH is 1. The Morgan fingerprint density at radius 3 is 2.32 bits per heavy atom. The summed E-state index contributed by atoms with van der Waals surface area (Å²) in [7, 11) is 3.76. The van der Waals surface area contributed by atoms with Crippen molar-refractivity contribution in [3.63, 3.8) is 0 Å². The monoisotopic (exact) mass is 426 g/mol. The topological polar surface area (TPSA) is 70.1 Å². The fourth-order valence-corrected chi connectivity index (χ4v) is 3.49. The van der Waals surface area contributed by atoms with Crippen LogP contribution in [-0.2, 0) is 9.59 Å². The van der Waals surface area contributed by atoms with Gasteiger partial charge in [0.2, 0.25) is 0 Å². The normalized spacial score (nSPS) is 18.1. The van der Waals surface area contributed by atoms with Gasteiger partial charge in [0, 0.05) is 18.7 Å². The summed E-state index contributed by atoms with van der Waals surface area (Å²) in [5, 5.41) is 10.9. The van der Waals surface area contributed by atoms with Gasteiger partial charge in [-0.05, 0) is 62.5 Å². The summed E-state index contributed by atoms with van der Waals surface area (Å²) in [4.78, 5) is 29.1. The van der Waals surface area contributed by atoms with Crippen molar-refractivity contribution in [1.29, 1.82) is 0 Å². The van der Waals surface area contributed by atoms with Gasteiger partial charge in [0.1, 0.15) is 17.3 Å². The smallest absolute Gasteiger partial charge is 0.295 e. The first-order valence-electron chi connectivity index (χ1n) is 10.2. The highest BCUT2D eigenvalue weighted by atomic mass is 19.1. The number of Topliss-reactive ketones (excluding diaryl/α,β-unsaturated/α-hetero) is 1. The van der Waals surface area contributed by atoms with Gasteiger partial charge in [-0.15, -0.1) is 0 Å². The SMILES string of the molecule is CCCOc1ccc(C2/C(=C(\O)c3ccc(F)cc3)C(=O)C(=O)N2CCN(C)C)cc1. The molecule has 164 valence electrons. The molecule has 2 aromatic carbocycles. The Kier molecular flexibility index (Phi) is 7.07. The van der Waals surface area contributed by atoms with E-state index < -0.39 is 23.5 Å². The Labute approximate surface area is 181 Å². The molecule has 1 fully saturated rings. The van der Waals surface area contributed by atoms with Gasteiger partial charge in [-0.3, -0.25) is 9.59 Å². The molecule has 0 spiro atoms. The van der Waals surface area contributed by atoms with Gasteiger partial charge in [0.05, 0.1) is 18.2 Å². The first kappa shape index (κ1) is 22.5. The van der Waals surface area contributed by atoms with Crippen molar-refractivity contribution in [1.82, 2.24) is 9.80 Å². The fraction of sp³-hybridized carbons (Fsp3) is 0.333.